The molecule has 1 aliphatic heterocycles. The van der Waals surface area contributed by atoms with Crippen molar-refractivity contribution in [2.45, 2.75) is 56.4 Å². The van der Waals surface area contributed by atoms with Gasteiger partial charge in [0.15, 0.2) is 5.78 Å². The minimum atomic E-state index is -5.18. The second kappa shape index (κ2) is 8.67. The van der Waals surface area contributed by atoms with Crippen LogP contribution >= 0.6 is 23.2 Å². The molecule has 5 rings (SSSR count). The van der Waals surface area contributed by atoms with Crippen molar-refractivity contribution in [2.75, 3.05) is 5.32 Å². The van der Waals surface area contributed by atoms with Gasteiger partial charge < -0.3 is 10.6 Å². The van der Waals surface area contributed by atoms with Crippen LogP contribution in [0.3, 0.4) is 0 Å². The number of benzene rings is 1. The van der Waals surface area contributed by atoms with Crippen molar-refractivity contribution in [2.24, 2.45) is 0 Å². The lowest BCUT2D eigenvalue weighted by atomic mass is 9.95. The summed E-state index contributed by atoms with van der Waals surface area (Å²) in [6.07, 6.45) is -0.596. The first-order valence-corrected chi connectivity index (χ1v) is 11.9. The number of hydrogen-bond donors (Lipinski definition) is 2. The summed E-state index contributed by atoms with van der Waals surface area (Å²) < 4.78 is 44.5. The standard InChI is InChI=1S/C23H20Cl2F3N5O2/c24-13-9-16-17(10-14(13)25)33-20(31-16)11-18(34)22(33,23(26,27)28)32-21(35)15-7-4-8-19(30-15)29-12-5-2-1-3-6-12/h4,7-10,12H,1-3,5-6,11H2,(H,29,30)(H,32,35). The summed E-state index contributed by atoms with van der Waals surface area (Å²) in [5, 5.41) is 5.28. The van der Waals surface area contributed by atoms with Gasteiger partial charge in [-0.3, -0.25) is 14.2 Å². The molecule has 0 spiro atoms. The molecular weight excluding hydrogens is 506 g/mol. The fourth-order valence-corrected chi connectivity index (χ4v) is 5.13. The highest BCUT2D eigenvalue weighted by atomic mass is 35.5. The van der Waals surface area contributed by atoms with Crippen molar-refractivity contribution < 1.29 is 22.8 Å². The number of imidazole rings is 1. The van der Waals surface area contributed by atoms with Crippen LogP contribution in [0.5, 0.6) is 0 Å². The number of ketones is 1. The van der Waals surface area contributed by atoms with Gasteiger partial charge in [-0.1, -0.05) is 48.5 Å². The number of amides is 1. The van der Waals surface area contributed by atoms with Crippen molar-refractivity contribution in [1.29, 1.82) is 0 Å². The van der Waals surface area contributed by atoms with E-state index in [0.29, 0.717) is 10.4 Å². The molecule has 7 nitrogen and oxygen atoms in total. The molecule has 1 unspecified atom stereocenters. The van der Waals surface area contributed by atoms with Crippen molar-refractivity contribution in [3.63, 3.8) is 0 Å². The van der Waals surface area contributed by atoms with Gasteiger partial charge in [0, 0.05) is 6.04 Å². The Kier molecular flexibility index (Phi) is 5.91. The van der Waals surface area contributed by atoms with E-state index in [1.165, 1.54) is 24.3 Å². The molecule has 1 fully saturated rings. The third-order valence-corrected chi connectivity index (χ3v) is 7.19. The Morgan fingerprint density at radius 2 is 1.80 bits per heavy atom. The van der Waals surface area contributed by atoms with E-state index in [-0.39, 0.29) is 38.6 Å². The Morgan fingerprint density at radius 1 is 1.09 bits per heavy atom. The first-order valence-electron chi connectivity index (χ1n) is 11.1. The fourth-order valence-electron chi connectivity index (χ4n) is 4.82. The van der Waals surface area contributed by atoms with Crippen LogP contribution in [0.25, 0.3) is 11.0 Å². The molecule has 3 heterocycles. The SMILES string of the molecule is O=C(NC1(C(F)(F)F)C(=O)Cc2nc3cc(Cl)c(Cl)cc3n21)c1cccc(NC2CCCCC2)n1. The summed E-state index contributed by atoms with van der Waals surface area (Å²) in [7, 11) is 0. The molecule has 184 valence electrons. The molecule has 1 aromatic carbocycles. The van der Waals surface area contributed by atoms with Gasteiger partial charge in [-0.15, -0.1) is 0 Å². The lowest BCUT2D eigenvalue weighted by Gasteiger charge is -2.33. The Labute approximate surface area is 208 Å². The fraction of sp³-hybridized carbons (Fsp3) is 0.391. The highest BCUT2D eigenvalue weighted by molar-refractivity contribution is 6.42. The Morgan fingerprint density at radius 3 is 2.51 bits per heavy atom. The highest BCUT2D eigenvalue weighted by Gasteiger charge is 2.67. The summed E-state index contributed by atoms with van der Waals surface area (Å²) >= 11 is 12.0. The van der Waals surface area contributed by atoms with E-state index < -0.39 is 30.0 Å². The van der Waals surface area contributed by atoms with Crippen LogP contribution in [-0.4, -0.2) is 38.4 Å². The van der Waals surface area contributed by atoms with Crippen molar-refractivity contribution in [1.82, 2.24) is 19.9 Å². The predicted octanol–water partition coefficient (Wildman–Crippen LogP) is 5.25. The number of aromatic nitrogens is 3. The van der Waals surface area contributed by atoms with Gasteiger partial charge in [0.25, 0.3) is 11.6 Å². The lowest BCUT2D eigenvalue weighted by molar-refractivity contribution is -0.214. The van der Waals surface area contributed by atoms with Gasteiger partial charge in [0.1, 0.15) is 17.3 Å². The van der Waals surface area contributed by atoms with E-state index in [0.717, 1.165) is 32.1 Å². The molecule has 3 aromatic rings. The molecule has 0 bridgehead atoms. The molecule has 1 saturated carbocycles. The average molecular weight is 526 g/mol. The summed E-state index contributed by atoms with van der Waals surface area (Å²) in [5.74, 6) is -2.16. The number of pyridine rings is 1. The number of halogens is 5. The van der Waals surface area contributed by atoms with Crippen LogP contribution in [0.2, 0.25) is 10.0 Å². The van der Waals surface area contributed by atoms with E-state index in [1.54, 1.807) is 6.07 Å². The number of hydrogen-bond acceptors (Lipinski definition) is 5. The van der Waals surface area contributed by atoms with Gasteiger partial charge in [-0.25, -0.2) is 9.97 Å². The maximum Gasteiger partial charge on any atom is 0.438 e. The van der Waals surface area contributed by atoms with Crippen LogP contribution in [0.4, 0.5) is 19.0 Å². The van der Waals surface area contributed by atoms with E-state index in [9.17, 15) is 22.8 Å². The third-order valence-electron chi connectivity index (χ3n) is 6.47. The Balaban J connectivity index is 1.53. The molecule has 2 aliphatic rings. The quantitative estimate of drug-likeness (QED) is 0.485. The van der Waals surface area contributed by atoms with Crippen LogP contribution in [0.1, 0.15) is 48.4 Å². The zero-order valence-electron chi connectivity index (χ0n) is 18.3. The number of nitrogens with one attached hydrogen (secondary N) is 2. The molecule has 2 N–H and O–H groups in total. The van der Waals surface area contributed by atoms with E-state index in [2.05, 4.69) is 15.3 Å². The van der Waals surface area contributed by atoms with Gasteiger partial charge in [-0.05, 0) is 37.1 Å². The molecule has 1 atom stereocenters. The third kappa shape index (κ3) is 4.02. The van der Waals surface area contributed by atoms with Crippen molar-refractivity contribution in [3.05, 3.63) is 51.9 Å². The molecule has 1 aliphatic carbocycles. The molecular formula is C23H20Cl2F3N5O2. The molecule has 0 saturated heterocycles. The number of alkyl halides is 3. The maximum atomic E-state index is 14.6. The minimum Gasteiger partial charge on any atom is -0.367 e. The molecule has 12 heteroatoms. The number of fused-ring (bicyclic) bond motifs is 3. The zero-order chi connectivity index (χ0) is 25.0. The maximum absolute atomic E-state index is 14.6. The van der Waals surface area contributed by atoms with Crippen LogP contribution in [0, 0.1) is 0 Å². The Bertz CT molecular complexity index is 1340. The van der Waals surface area contributed by atoms with E-state index >= 15 is 0 Å². The number of nitrogens with zero attached hydrogens (tertiary/aromatic N) is 3. The molecule has 35 heavy (non-hydrogen) atoms. The van der Waals surface area contributed by atoms with Crippen LogP contribution in [-0.2, 0) is 16.9 Å². The van der Waals surface area contributed by atoms with E-state index in [1.807, 2.05) is 5.32 Å². The lowest BCUT2D eigenvalue weighted by Crippen LogP contribution is -2.62. The Hall–Kier alpha value is -2.85. The van der Waals surface area contributed by atoms with Crippen molar-refractivity contribution in [3.8, 4) is 0 Å². The second-order valence-electron chi connectivity index (χ2n) is 8.77. The predicted molar refractivity (Wildman–Crippen MR) is 125 cm³/mol. The smallest absolute Gasteiger partial charge is 0.367 e. The number of anilines is 1. The highest BCUT2D eigenvalue weighted by Crippen LogP contribution is 2.44. The van der Waals surface area contributed by atoms with Crippen molar-refractivity contribution >= 4 is 51.7 Å². The average Bonchev–Trinajstić information content (AvgIpc) is 3.28. The monoisotopic (exact) mass is 525 g/mol. The molecule has 2 aromatic heterocycles. The summed E-state index contributed by atoms with van der Waals surface area (Å²) in [5.41, 5.74) is -3.55. The molecule has 0 radical (unpaired) electrons. The summed E-state index contributed by atoms with van der Waals surface area (Å²) in [6.45, 7) is 0. The summed E-state index contributed by atoms with van der Waals surface area (Å²) in [6, 6.07) is 7.19. The van der Waals surface area contributed by atoms with Gasteiger partial charge >= 0.3 is 6.18 Å². The second-order valence-corrected chi connectivity index (χ2v) is 9.58. The molecule has 1 amide bonds. The van der Waals surface area contributed by atoms with Gasteiger partial charge in [-0.2, -0.15) is 13.2 Å². The normalized spacial score (nSPS) is 20.8. The topological polar surface area (TPSA) is 88.9 Å². The largest absolute Gasteiger partial charge is 0.438 e. The number of carbonyl (C=O) groups is 2. The number of carbonyl (C=O) groups excluding carboxylic acids is 2. The van der Waals surface area contributed by atoms with Crippen LogP contribution in [0.15, 0.2) is 30.3 Å². The number of Topliss-reactive ketones (excluding diaryl/α,β-unsaturated/α-hetero) is 1. The first-order chi connectivity index (χ1) is 16.6. The number of rotatable bonds is 4. The zero-order valence-corrected chi connectivity index (χ0v) is 19.8. The van der Waals surface area contributed by atoms with Crippen LogP contribution < -0.4 is 10.6 Å². The first kappa shape index (κ1) is 23.9. The minimum absolute atomic E-state index is 0.00762. The van der Waals surface area contributed by atoms with Gasteiger partial charge in [0.05, 0.1) is 27.5 Å². The summed E-state index contributed by atoms with van der Waals surface area (Å²) in [4.78, 5) is 34.3. The van der Waals surface area contributed by atoms with Gasteiger partial charge in [0.2, 0.25) is 0 Å². The van der Waals surface area contributed by atoms with E-state index in [4.69, 9.17) is 23.2 Å².